The zero-order valence-electron chi connectivity index (χ0n) is 11.3. The van der Waals surface area contributed by atoms with Crippen LogP contribution in [0.15, 0.2) is 23.1 Å². The lowest BCUT2D eigenvalue weighted by molar-refractivity contribution is 0.0600. The highest BCUT2D eigenvalue weighted by Gasteiger charge is 2.30. The van der Waals surface area contributed by atoms with Crippen LogP contribution in [0.1, 0.15) is 23.2 Å². The molecule has 0 saturated heterocycles. The number of rotatable bonds is 5. The molecular weight excluding hydrogens is 302 g/mol. The molecular formula is C13H16ClNO4S. The van der Waals surface area contributed by atoms with Gasteiger partial charge in [0.05, 0.1) is 17.7 Å². The van der Waals surface area contributed by atoms with Crippen LogP contribution in [0.2, 0.25) is 5.02 Å². The van der Waals surface area contributed by atoms with E-state index in [0.717, 1.165) is 12.8 Å². The summed E-state index contributed by atoms with van der Waals surface area (Å²) in [5.74, 6) is -0.166. The molecule has 1 aromatic rings. The predicted molar refractivity (Wildman–Crippen MR) is 75.3 cm³/mol. The molecule has 0 radical (unpaired) electrons. The van der Waals surface area contributed by atoms with Crippen molar-refractivity contribution in [3.05, 3.63) is 28.8 Å². The van der Waals surface area contributed by atoms with E-state index in [1.165, 1.54) is 36.7 Å². The van der Waals surface area contributed by atoms with Crippen LogP contribution >= 0.6 is 11.6 Å². The van der Waals surface area contributed by atoms with Gasteiger partial charge in [-0.25, -0.2) is 17.5 Å². The Labute approximate surface area is 123 Å². The predicted octanol–water partition coefficient (Wildman–Crippen LogP) is 2.16. The van der Waals surface area contributed by atoms with Gasteiger partial charge in [-0.1, -0.05) is 11.6 Å². The molecule has 0 aromatic heterocycles. The van der Waals surface area contributed by atoms with Crippen molar-refractivity contribution in [1.29, 1.82) is 0 Å². The zero-order valence-corrected chi connectivity index (χ0v) is 12.9. The summed E-state index contributed by atoms with van der Waals surface area (Å²) in [7, 11) is -0.932. The third-order valence-electron chi connectivity index (χ3n) is 3.25. The SMILES string of the molecule is COC(=O)c1ccc(Cl)c(S(=O)(=O)N(C)CC2CC2)c1. The average Bonchev–Trinajstić information content (AvgIpc) is 3.22. The number of carbonyl (C=O) groups is 1. The molecule has 0 unspecified atom stereocenters. The highest BCUT2D eigenvalue weighted by atomic mass is 35.5. The Kier molecular flexibility index (Phi) is 4.36. The van der Waals surface area contributed by atoms with Crippen molar-refractivity contribution in [2.24, 2.45) is 5.92 Å². The van der Waals surface area contributed by atoms with Gasteiger partial charge in [-0.3, -0.25) is 0 Å². The first-order chi connectivity index (χ1) is 9.36. The van der Waals surface area contributed by atoms with E-state index in [1.54, 1.807) is 0 Å². The molecule has 0 spiro atoms. The lowest BCUT2D eigenvalue weighted by Gasteiger charge is -2.18. The molecule has 0 aliphatic heterocycles. The van der Waals surface area contributed by atoms with Crippen LogP contribution in [0.3, 0.4) is 0 Å². The molecule has 1 aliphatic carbocycles. The molecule has 0 N–H and O–H groups in total. The first kappa shape index (κ1) is 15.3. The van der Waals surface area contributed by atoms with Crippen LogP contribution < -0.4 is 0 Å². The van der Waals surface area contributed by atoms with Crippen LogP contribution in [0.5, 0.6) is 0 Å². The number of benzene rings is 1. The van der Waals surface area contributed by atoms with E-state index in [4.69, 9.17) is 11.6 Å². The van der Waals surface area contributed by atoms with Crippen molar-refractivity contribution in [1.82, 2.24) is 4.31 Å². The minimum absolute atomic E-state index is 0.0646. The van der Waals surface area contributed by atoms with Gasteiger partial charge < -0.3 is 4.74 Å². The maximum atomic E-state index is 12.5. The van der Waals surface area contributed by atoms with Crippen LogP contribution in [0.25, 0.3) is 0 Å². The van der Waals surface area contributed by atoms with E-state index in [1.807, 2.05) is 0 Å². The molecule has 0 atom stereocenters. The Morgan fingerprint density at radius 1 is 1.45 bits per heavy atom. The van der Waals surface area contributed by atoms with E-state index in [0.29, 0.717) is 12.5 Å². The lowest BCUT2D eigenvalue weighted by Crippen LogP contribution is -2.29. The van der Waals surface area contributed by atoms with Gasteiger partial charge >= 0.3 is 5.97 Å². The highest BCUT2D eigenvalue weighted by Crippen LogP contribution is 2.32. The number of ether oxygens (including phenoxy) is 1. The summed E-state index contributed by atoms with van der Waals surface area (Å²) < 4.78 is 30.8. The van der Waals surface area contributed by atoms with Crippen LogP contribution in [0.4, 0.5) is 0 Å². The second-order valence-electron chi connectivity index (χ2n) is 4.87. The van der Waals surface area contributed by atoms with Gasteiger partial charge in [0.15, 0.2) is 0 Å². The van der Waals surface area contributed by atoms with Gasteiger partial charge in [-0.2, -0.15) is 0 Å². The van der Waals surface area contributed by atoms with E-state index < -0.39 is 16.0 Å². The summed E-state index contributed by atoms with van der Waals surface area (Å²) in [4.78, 5) is 11.4. The number of nitrogens with zero attached hydrogens (tertiary/aromatic N) is 1. The van der Waals surface area contributed by atoms with Gasteiger partial charge in [-0.05, 0) is 37.0 Å². The molecule has 0 bridgehead atoms. The molecule has 7 heteroatoms. The molecule has 110 valence electrons. The fraction of sp³-hybridized carbons (Fsp3) is 0.462. The zero-order chi connectivity index (χ0) is 14.9. The van der Waals surface area contributed by atoms with Crippen molar-refractivity contribution < 1.29 is 17.9 Å². The Morgan fingerprint density at radius 2 is 2.10 bits per heavy atom. The largest absolute Gasteiger partial charge is 0.465 e. The van der Waals surface area contributed by atoms with Crippen molar-refractivity contribution in [3.8, 4) is 0 Å². The number of halogens is 1. The normalized spacial score (nSPS) is 15.4. The van der Waals surface area contributed by atoms with Crippen LogP contribution in [0, 0.1) is 5.92 Å². The second-order valence-corrected chi connectivity index (χ2v) is 7.29. The van der Waals surface area contributed by atoms with Crippen LogP contribution in [-0.2, 0) is 14.8 Å². The smallest absolute Gasteiger partial charge is 0.337 e. The standard InChI is InChI=1S/C13H16ClNO4S/c1-15(8-9-3-4-9)20(17,18)12-7-10(13(16)19-2)5-6-11(12)14/h5-7,9H,3-4,8H2,1-2H3. The number of hydrogen-bond acceptors (Lipinski definition) is 4. The molecule has 5 nitrogen and oxygen atoms in total. The van der Waals surface area contributed by atoms with E-state index >= 15 is 0 Å². The highest BCUT2D eigenvalue weighted by molar-refractivity contribution is 7.89. The van der Waals surface area contributed by atoms with E-state index in [9.17, 15) is 13.2 Å². The van der Waals surface area contributed by atoms with Crippen molar-refractivity contribution >= 4 is 27.6 Å². The van der Waals surface area contributed by atoms with Gasteiger partial charge in [0.2, 0.25) is 10.0 Å². The summed E-state index contributed by atoms with van der Waals surface area (Å²) in [6.07, 6.45) is 2.10. The quantitative estimate of drug-likeness (QED) is 0.781. The van der Waals surface area contributed by atoms with Gasteiger partial charge in [0.1, 0.15) is 4.90 Å². The van der Waals surface area contributed by atoms with Gasteiger partial charge in [0, 0.05) is 13.6 Å². The Morgan fingerprint density at radius 3 is 2.65 bits per heavy atom. The van der Waals surface area contributed by atoms with Gasteiger partial charge in [0.25, 0.3) is 0 Å². The molecule has 1 aliphatic rings. The van der Waals surface area contributed by atoms with Gasteiger partial charge in [-0.15, -0.1) is 0 Å². The number of methoxy groups -OCH3 is 1. The number of hydrogen-bond donors (Lipinski definition) is 0. The molecule has 20 heavy (non-hydrogen) atoms. The summed E-state index contributed by atoms with van der Waals surface area (Å²) in [5, 5.41) is 0.0975. The summed E-state index contributed by atoms with van der Waals surface area (Å²) in [6, 6.07) is 4.09. The van der Waals surface area contributed by atoms with Crippen LogP contribution in [-0.4, -0.2) is 39.4 Å². The lowest BCUT2D eigenvalue weighted by atomic mass is 10.2. The molecule has 1 saturated carbocycles. The summed E-state index contributed by atoms with van der Waals surface area (Å²) >= 11 is 5.97. The monoisotopic (exact) mass is 317 g/mol. The maximum absolute atomic E-state index is 12.5. The Hall–Kier alpha value is -1.11. The molecule has 1 fully saturated rings. The Balaban J connectivity index is 2.36. The molecule has 1 aromatic carbocycles. The van der Waals surface area contributed by atoms with E-state index in [2.05, 4.69) is 4.74 Å². The minimum atomic E-state index is -3.70. The summed E-state index contributed by atoms with van der Waals surface area (Å²) in [5.41, 5.74) is 0.162. The average molecular weight is 318 g/mol. The molecule has 0 heterocycles. The fourth-order valence-electron chi connectivity index (χ4n) is 1.88. The topological polar surface area (TPSA) is 63.7 Å². The molecule has 2 rings (SSSR count). The second kappa shape index (κ2) is 5.71. The first-order valence-corrected chi connectivity index (χ1v) is 8.02. The summed E-state index contributed by atoms with van der Waals surface area (Å²) in [6.45, 7) is 0.473. The van der Waals surface area contributed by atoms with E-state index in [-0.39, 0.29) is 15.5 Å². The number of carbonyl (C=O) groups excluding carboxylic acids is 1. The number of sulfonamides is 1. The minimum Gasteiger partial charge on any atom is -0.465 e. The Bertz CT molecular complexity index is 625. The molecule has 0 amide bonds. The van der Waals surface area contributed by atoms with Crippen molar-refractivity contribution in [2.75, 3.05) is 20.7 Å². The maximum Gasteiger partial charge on any atom is 0.337 e. The third kappa shape index (κ3) is 3.13. The van der Waals surface area contributed by atoms with Crippen molar-refractivity contribution in [2.45, 2.75) is 17.7 Å². The first-order valence-electron chi connectivity index (χ1n) is 6.20. The fourth-order valence-corrected chi connectivity index (χ4v) is 3.62. The number of esters is 1. The van der Waals surface area contributed by atoms with Crippen molar-refractivity contribution in [3.63, 3.8) is 0 Å². The third-order valence-corrected chi connectivity index (χ3v) is 5.56.